The minimum atomic E-state index is -0.510. The monoisotopic (exact) mass is 329 g/mol. The van der Waals surface area contributed by atoms with Gasteiger partial charge in [0.15, 0.2) is 5.76 Å². The molecule has 2 atom stereocenters. The molecule has 4 heterocycles. The molecule has 5 rings (SSSR count). The molecule has 0 radical (unpaired) electrons. The van der Waals surface area contributed by atoms with E-state index in [2.05, 4.69) is 29.7 Å². The van der Waals surface area contributed by atoms with Crippen LogP contribution in [0.4, 0.5) is 0 Å². The van der Waals surface area contributed by atoms with Gasteiger partial charge in [0.1, 0.15) is 5.58 Å². The largest absolute Gasteiger partial charge is 0.451 e. The van der Waals surface area contributed by atoms with E-state index in [-0.39, 0.29) is 12.2 Å². The Balaban J connectivity index is 0.000000526. The molecule has 1 aromatic heterocycles. The molecule has 1 aromatic carbocycles. The van der Waals surface area contributed by atoms with Crippen LogP contribution in [-0.2, 0) is 4.79 Å². The van der Waals surface area contributed by atoms with Crippen molar-refractivity contribution >= 4 is 23.3 Å². The minimum Gasteiger partial charge on any atom is -0.451 e. The molecule has 6 heteroatoms. The van der Waals surface area contributed by atoms with Gasteiger partial charge in [0.05, 0.1) is 0 Å². The highest BCUT2D eigenvalue weighted by Crippen LogP contribution is 2.43. The van der Waals surface area contributed by atoms with Crippen molar-refractivity contribution < 1.29 is 14.0 Å². The molecule has 0 aliphatic carbocycles. The standard InChI is InChI=1S/C17H20N2O2.CH3NO/c1-10-16(11-4-6-19(10)7-5-11)12-2-3-14-13(8-12)9-15(21-14)17(18)20;2-1-3/h2-3,8-11,16H,4-7H2,1H3,(H2,18,20);1H,(H2,2,3)/t10-,16+;/m0./s1. The van der Waals surface area contributed by atoms with Crippen molar-refractivity contribution in [3.05, 3.63) is 35.6 Å². The summed E-state index contributed by atoms with van der Waals surface area (Å²) in [5, 5.41) is 0.977. The lowest BCUT2D eigenvalue weighted by Crippen LogP contribution is -2.52. The van der Waals surface area contributed by atoms with Gasteiger partial charge in [0.2, 0.25) is 6.41 Å². The lowest BCUT2D eigenvalue weighted by Gasteiger charge is -2.50. The summed E-state index contributed by atoms with van der Waals surface area (Å²) in [6.45, 7) is 4.81. The molecule has 3 saturated heterocycles. The number of amides is 2. The number of nitrogens with zero attached hydrogens (tertiary/aromatic N) is 1. The van der Waals surface area contributed by atoms with Crippen molar-refractivity contribution in [3.63, 3.8) is 0 Å². The van der Waals surface area contributed by atoms with Crippen molar-refractivity contribution in [1.29, 1.82) is 0 Å². The van der Waals surface area contributed by atoms with Gasteiger partial charge in [-0.25, -0.2) is 0 Å². The van der Waals surface area contributed by atoms with Crippen LogP contribution < -0.4 is 11.5 Å². The maximum Gasteiger partial charge on any atom is 0.284 e. The van der Waals surface area contributed by atoms with Crippen molar-refractivity contribution in [1.82, 2.24) is 4.90 Å². The Labute approximate surface area is 140 Å². The van der Waals surface area contributed by atoms with E-state index in [1.54, 1.807) is 6.07 Å². The molecule has 6 nitrogen and oxygen atoms in total. The van der Waals surface area contributed by atoms with E-state index >= 15 is 0 Å². The third-order valence-corrected chi connectivity index (χ3v) is 5.35. The number of rotatable bonds is 2. The van der Waals surface area contributed by atoms with Gasteiger partial charge in [0, 0.05) is 17.3 Å². The van der Waals surface area contributed by atoms with Crippen molar-refractivity contribution in [2.24, 2.45) is 17.4 Å². The van der Waals surface area contributed by atoms with Crippen LogP contribution in [-0.4, -0.2) is 36.3 Å². The van der Waals surface area contributed by atoms with Crippen LogP contribution in [0.5, 0.6) is 0 Å². The van der Waals surface area contributed by atoms with E-state index in [9.17, 15) is 4.79 Å². The van der Waals surface area contributed by atoms with Gasteiger partial charge in [-0.1, -0.05) is 6.07 Å². The van der Waals surface area contributed by atoms with E-state index in [0.29, 0.717) is 12.0 Å². The van der Waals surface area contributed by atoms with Crippen LogP contribution in [0.1, 0.15) is 41.8 Å². The molecule has 24 heavy (non-hydrogen) atoms. The molecule has 2 aromatic rings. The average Bonchev–Trinajstić information content (AvgIpc) is 3.00. The fourth-order valence-corrected chi connectivity index (χ4v) is 4.25. The Kier molecular flexibility index (Phi) is 4.57. The van der Waals surface area contributed by atoms with Crippen LogP contribution >= 0.6 is 0 Å². The first-order chi connectivity index (χ1) is 11.5. The summed E-state index contributed by atoms with van der Waals surface area (Å²) in [6, 6.07) is 8.65. The second-order valence-electron chi connectivity index (χ2n) is 6.55. The smallest absolute Gasteiger partial charge is 0.284 e. The summed E-state index contributed by atoms with van der Waals surface area (Å²) in [7, 11) is 0. The number of piperidine rings is 3. The summed E-state index contributed by atoms with van der Waals surface area (Å²) >= 11 is 0. The third-order valence-electron chi connectivity index (χ3n) is 5.35. The Morgan fingerprint density at radius 1 is 1.29 bits per heavy atom. The molecule has 2 bridgehead atoms. The van der Waals surface area contributed by atoms with E-state index in [1.165, 1.54) is 31.5 Å². The number of carbonyl (C=O) groups is 2. The Morgan fingerprint density at radius 3 is 2.54 bits per heavy atom. The molecule has 3 fully saturated rings. The Morgan fingerprint density at radius 2 is 1.96 bits per heavy atom. The molecule has 0 saturated carbocycles. The first-order valence-corrected chi connectivity index (χ1v) is 8.28. The molecular weight excluding hydrogens is 306 g/mol. The second kappa shape index (κ2) is 6.65. The number of carbonyl (C=O) groups excluding carboxylic acids is 2. The van der Waals surface area contributed by atoms with Gasteiger partial charge in [-0.15, -0.1) is 0 Å². The summed E-state index contributed by atoms with van der Waals surface area (Å²) in [5.74, 6) is 1.10. The number of primary amides is 2. The Hall–Kier alpha value is -2.34. The molecule has 0 unspecified atom stereocenters. The number of hydrogen-bond acceptors (Lipinski definition) is 4. The molecule has 3 aliphatic rings. The van der Waals surface area contributed by atoms with E-state index in [0.717, 1.165) is 16.9 Å². The van der Waals surface area contributed by atoms with Gasteiger partial charge in [-0.3, -0.25) is 9.59 Å². The number of furan rings is 1. The molecule has 3 aliphatic heterocycles. The van der Waals surface area contributed by atoms with Crippen LogP contribution in [0.25, 0.3) is 11.0 Å². The summed E-state index contributed by atoms with van der Waals surface area (Å²) < 4.78 is 5.48. The molecule has 128 valence electrons. The molecular formula is C18H23N3O3. The van der Waals surface area contributed by atoms with E-state index < -0.39 is 5.91 Å². The highest BCUT2D eigenvalue weighted by molar-refractivity contribution is 5.95. The normalized spacial score (nSPS) is 28.2. The van der Waals surface area contributed by atoms with Crippen molar-refractivity contribution in [2.45, 2.75) is 31.7 Å². The third kappa shape index (κ3) is 2.89. The lowest BCUT2D eigenvalue weighted by molar-refractivity contribution is -0.106. The highest BCUT2D eigenvalue weighted by Gasteiger charge is 2.40. The summed E-state index contributed by atoms with van der Waals surface area (Å²) in [5.41, 5.74) is 11.6. The number of nitrogens with two attached hydrogens (primary N) is 2. The van der Waals surface area contributed by atoms with Crippen LogP contribution in [0, 0.1) is 5.92 Å². The van der Waals surface area contributed by atoms with Gasteiger partial charge < -0.3 is 20.8 Å². The van der Waals surface area contributed by atoms with Gasteiger partial charge in [0.25, 0.3) is 5.91 Å². The topological polar surface area (TPSA) is 103 Å². The second-order valence-corrected chi connectivity index (χ2v) is 6.55. The molecule has 2 amide bonds. The van der Waals surface area contributed by atoms with Crippen LogP contribution in [0.2, 0.25) is 0 Å². The summed E-state index contributed by atoms with van der Waals surface area (Å²) in [6.07, 6.45) is 2.84. The molecule has 0 spiro atoms. The maximum atomic E-state index is 11.2. The maximum absolute atomic E-state index is 11.2. The fraction of sp³-hybridized carbons (Fsp3) is 0.444. The highest BCUT2D eigenvalue weighted by atomic mass is 16.3. The predicted octanol–water partition coefficient (Wildman–Crippen LogP) is 1.83. The van der Waals surface area contributed by atoms with Gasteiger partial charge >= 0.3 is 0 Å². The average molecular weight is 329 g/mol. The molecule has 4 N–H and O–H groups in total. The quantitative estimate of drug-likeness (QED) is 0.820. The SMILES string of the molecule is C[C@H]1[C@@H](c2ccc3oc(C(N)=O)cc3c2)C2CCN1CC2.NC=O. The Bertz CT molecular complexity index is 745. The van der Waals surface area contributed by atoms with Gasteiger partial charge in [-0.05, 0) is 62.5 Å². The number of benzene rings is 1. The first-order valence-electron chi connectivity index (χ1n) is 8.28. The van der Waals surface area contributed by atoms with Gasteiger partial charge in [-0.2, -0.15) is 0 Å². The van der Waals surface area contributed by atoms with E-state index in [4.69, 9.17) is 14.9 Å². The first kappa shape index (κ1) is 16.5. The predicted molar refractivity (Wildman–Crippen MR) is 91.5 cm³/mol. The van der Waals surface area contributed by atoms with Crippen molar-refractivity contribution in [2.75, 3.05) is 13.1 Å². The zero-order valence-electron chi connectivity index (χ0n) is 13.8. The van der Waals surface area contributed by atoms with Crippen LogP contribution in [0.3, 0.4) is 0 Å². The van der Waals surface area contributed by atoms with Crippen molar-refractivity contribution in [3.8, 4) is 0 Å². The zero-order valence-corrected chi connectivity index (χ0v) is 13.8. The number of fused-ring (bicyclic) bond motifs is 4. The minimum absolute atomic E-state index is 0.240. The summed E-state index contributed by atoms with van der Waals surface area (Å²) in [4.78, 5) is 22.4. The number of hydrogen-bond donors (Lipinski definition) is 2. The fourth-order valence-electron chi connectivity index (χ4n) is 4.25. The zero-order chi connectivity index (χ0) is 17.3. The van der Waals surface area contributed by atoms with Crippen LogP contribution in [0.15, 0.2) is 28.7 Å². The lowest BCUT2D eigenvalue weighted by atomic mass is 9.71. The van der Waals surface area contributed by atoms with E-state index in [1.807, 2.05) is 6.07 Å².